The number of aromatic nitrogens is 2. The highest BCUT2D eigenvalue weighted by molar-refractivity contribution is 6.21. The Balaban J connectivity index is 1.43. The number of rotatable bonds is 4. The van der Waals surface area contributed by atoms with Gasteiger partial charge in [-0.2, -0.15) is 0 Å². The number of benzene rings is 1. The normalized spacial score (nSPS) is 32.5. The van der Waals surface area contributed by atoms with Crippen LogP contribution in [0.3, 0.4) is 0 Å². The number of likely N-dealkylation sites (tertiary alicyclic amines) is 1. The van der Waals surface area contributed by atoms with Crippen LogP contribution < -0.4 is 0 Å². The first-order chi connectivity index (χ1) is 14.7. The molecule has 30 heavy (non-hydrogen) atoms. The third kappa shape index (κ3) is 3.46. The van der Waals surface area contributed by atoms with Crippen LogP contribution in [0.2, 0.25) is 0 Å². The third-order valence-electron chi connectivity index (χ3n) is 7.33. The van der Waals surface area contributed by atoms with Gasteiger partial charge < -0.3 is 19.7 Å². The number of ether oxygens (including phenoxy) is 1. The molecule has 0 amide bonds. The van der Waals surface area contributed by atoms with E-state index in [-0.39, 0.29) is 29.6 Å². The predicted molar refractivity (Wildman–Crippen MR) is 116 cm³/mol. The first-order valence-corrected chi connectivity index (χ1v) is 11.4. The number of Topliss-reactive ketones (excluding diaryl/α,β-unsaturated/α-hetero) is 1. The van der Waals surface area contributed by atoms with Crippen LogP contribution in [0.25, 0.3) is 16.6 Å². The van der Waals surface area contributed by atoms with Crippen LogP contribution in [0.4, 0.5) is 0 Å². The molecule has 6 heteroatoms. The molecule has 3 heterocycles. The van der Waals surface area contributed by atoms with Crippen molar-refractivity contribution in [1.82, 2.24) is 14.9 Å². The minimum atomic E-state index is -0.424. The Kier molecular flexibility index (Phi) is 5.37. The Morgan fingerprint density at radius 2 is 2.03 bits per heavy atom. The van der Waals surface area contributed by atoms with Gasteiger partial charge in [-0.25, -0.2) is 4.98 Å². The number of ketones is 1. The Morgan fingerprint density at radius 3 is 2.80 bits per heavy atom. The van der Waals surface area contributed by atoms with Crippen LogP contribution >= 0.6 is 0 Å². The summed E-state index contributed by atoms with van der Waals surface area (Å²) in [5.41, 5.74) is 2.28. The number of hydrogen-bond acceptors (Lipinski definition) is 5. The molecule has 2 fully saturated rings. The van der Waals surface area contributed by atoms with Gasteiger partial charge in [0.2, 0.25) is 0 Å². The number of piperidine rings is 1. The molecule has 5 unspecified atom stereocenters. The smallest absolute Gasteiger partial charge is 0.176 e. The average molecular weight is 410 g/mol. The van der Waals surface area contributed by atoms with E-state index < -0.39 is 6.10 Å². The van der Waals surface area contributed by atoms with Crippen molar-refractivity contribution in [3.63, 3.8) is 0 Å². The monoisotopic (exact) mass is 409 g/mol. The van der Waals surface area contributed by atoms with E-state index in [0.717, 1.165) is 37.1 Å². The van der Waals surface area contributed by atoms with Gasteiger partial charge in [-0.15, -0.1) is 0 Å². The Morgan fingerprint density at radius 1 is 1.23 bits per heavy atom. The molecule has 1 saturated carbocycles. The first kappa shape index (κ1) is 19.8. The summed E-state index contributed by atoms with van der Waals surface area (Å²) in [5.74, 6) is 0.542. The van der Waals surface area contributed by atoms with E-state index in [9.17, 15) is 9.90 Å². The molecular weight excluding hydrogens is 378 g/mol. The summed E-state index contributed by atoms with van der Waals surface area (Å²) in [6, 6.07) is 7.79. The molecule has 160 valence electrons. The number of imidazole rings is 1. The number of allylic oxidation sites excluding steroid dienone is 1. The zero-order chi connectivity index (χ0) is 20.7. The fourth-order valence-electron chi connectivity index (χ4n) is 5.61. The Labute approximate surface area is 177 Å². The Hall–Kier alpha value is -2.18. The number of H-pyrrole nitrogens is 1. The van der Waals surface area contributed by atoms with Crippen LogP contribution in [0.15, 0.2) is 30.5 Å². The maximum absolute atomic E-state index is 13.5. The minimum absolute atomic E-state index is 0.0378. The molecule has 1 aliphatic carbocycles. The molecule has 6 nitrogen and oxygen atoms in total. The summed E-state index contributed by atoms with van der Waals surface area (Å²) >= 11 is 0. The quantitative estimate of drug-likeness (QED) is 0.809. The van der Waals surface area contributed by atoms with Crippen LogP contribution in [0.5, 0.6) is 0 Å². The molecule has 5 rings (SSSR count). The largest absolute Gasteiger partial charge is 0.496 e. The lowest BCUT2D eigenvalue weighted by atomic mass is 9.67. The summed E-state index contributed by atoms with van der Waals surface area (Å²) in [6.07, 6.45) is 6.16. The lowest BCUT2D eigenvalue weighted by Crippen LogP contribution is -2.55. The van der Waals surface area contributed by atoms with Crippen molar-refractivity contribution < 1.29 is 14.6 Å². The number of aromatic amines is 1. The minimum Gasteiger partial charge on any atom is -0.496 e. The number of carbonyl (C=O) groups is 1. The molecule has 2 aliphatic heterocycles. The molecule has 3 aliphatic rings. The first-order valence-electron chi connectivity index (χ1n) is 11.4. The number of carbonyl (C=O) groups excluding carboxylic acids is 1. The summed E-state index contributed by atoms with van der Waals surface area (Å²) in [6.45, 7) is 5.06. The van der Waals surface area contributed by atoms with Gasteiger partial charge >= 0.3 is 0 Å². The number of nitrogens with zero attached hydrogens (tertiary/aromatic N) is 2. The van der Waals surface area contributed by atoms with Gasteiger partial charge in [-0.05, 0) is 50.4 Å². The summed E-state index contributed by atoms with van der Waals surface area (Å²) in [4.78, 5) is 23.9. The van der Waals surface area contributed by atoms with Crippen molar-refractivity contribution in [2.24, 2.45) is 17.8 Å². The highest BCUT2D eigenvalue weighted by atomic mass is 16.5. The topological polar surface area (TPSA) is 78.5 Å². The fourth-order valence-corrected chi connectivity index (χ4v) is 5.61. The predicted octanol–water partition coefficient (Wildman–Crippen LogP) is 3.38. The Bertz CT molecular complexity index is 913. The molecule has 2 N–H and O–H groups in total. The molecular formula is C24H31N3O3. The molecule has 1 aromatic carbocycles. The second-order valence-corrected chi connectivity index (χ2v) is 9.13. The number of aliphatic hydroxyl groups is 1. The van der Waals surface area contributed by atoms with E-state index in [1.165, 1.54) is 19.3 Å². The zero-order valence-corrected chi connectivity index (χ0v) is 17.6. The van der Waals surface area contributed by atoms with E-state index in [1.807, 2.05) is 24.3 Å². The van der Waals surface area contributed by atoms with E-state index >= 15 is 0 Å². The van der Waals surface area contributed by atoms with Crippen LogP contribution in [0, 0.1) is 17.8 Å². The third-order valence-corrected chi connectivity index (χ3v) is 7.33. The summed E-state index contributed by atoms with van der Waals surface area (Å²) in [5, 5.41) is 11.1. The molecule has 1 saturated heterocycles. The summed E-state index contributed by atoms with van der Waals surface area (Å²) < 4.78 is 6.20. The van der Waals surface area contributed by atoms with E-state index in [4.69, 9.17) is 4.74 Å². The van der Waals surface area contributed by atoms with Gasteiger partial charge in [-0.3, -0.25) is 4.79 Å². The van der Waals surface area contributed by atoms with Gasteiger partial charge in [0.25, 0.3) is 0 Å². The molecule has 0 radical (unpaired) electrons. The SMILES string of the molecule is CCC1CC2C(=O)C(c3nc4ccccc4[nH]3)=COC2C(CN2CCCCC2)C1O. The van der Waals surface area contributed by atoms with Gasteiger partial charge in [0.1, 0.15) is 11.9 Å². The van der Waals surface area contributed by atoms with Crippen molar-refractivity contribution in [3.8, 4) is 0 Å². The van der Waals surface area contributed by atoms with Crippen molar-refractivity contribution in [2.75, 3.05) is 19.6 Å². The number of fused-ring (bicyclic) bond motifs is 2. The molecule has 0 bridgehead atoms. The van der Waals surface area contributed by atoms with Crippen LogP contribution in [0.1, 0.15) is 44.9 Å². The highest BCUT2D eigenvalue weighted by Gasteiger charge is 2.50. The van der Waals surface area contributed by atoms with Gasteiger partial charge in [0.05, 0.1) is 34.9 Å². The van der Waals surface area contributed by atoms with Crippen molar-refractivity contribution in [2.45, 2.75) is 51.2 Å². The van der Waals surface area contributed by atoms with Gasteiger partial charge in [-0.1, -0.05) is 31.9 Å². The van der Waals surface area contributed by atoms with Crippen molar-refractivity contribution in [1.29, 1.82) is 0 Å². The maximum atomic E-state index is 13.5. The van der Waals surface area contributed by atoms with Crippen LogP contribution in [-0.2, 0) is 9.53 Å². The van der Waals surface area contributed by atoms with E-state index in [2.05, 4.69) is 21.8 Å². The molecule has 5 atom stereocenters. The lowest BCUT2D eigenvalue weighted by Gasteiger charge is -2.47. The maximum Gasteiger partial charge on any atom is 0.176 e. The van der Waals surface area contributed by atoms with Crippen molar-refractivity contribution in [3.05, 3.63) is 36.4 Å². The number of nitrogens with one attached hydrogen (secondary N) is 1. The molecule has 1 aromatic heterocycles. The standard InChI is InChI=1S/C24H31N3O3/c1-2-15-12-16-22(29)18(24-25-19-8-4-5-9-20(19)26-24)14-30-23(16)17(21(15)28)13-27-10-6-3-7-11-27/h4-5,8-9,14-17,21,23,28H,2-3,6-7,10-13H2,1H3,(H,25,26). The van der Waals surface area contributed by atoms with Gasteiger partial charge in [0, 0.05) is 12.5 Å². The number of para-hydroxylation sites is 2. The summed E-state index contributed by atoms with van der Waals surface area (Å²) in [7, 11) is 0. The second-order valence-electron chi connectivity index (χ2n) is 9.13. The lowest BCUT2D eigenvalue weighted by molar-refractivity contribution is -0.141. The molecule has 2 aromatic rings. The second kappa shape index (κ2) is 8.16. The van der Waals surface area contributed by atoms with Gasteiger partial charge in [0.15, 0.2) is 5.78 Å². The fraction of sp³-hybridized carbons (Fsp3) is 0.583. The van der Waals surface area contributed by atoms with E-state index in [0.29, 0.717) is 17.8 Å². The van der Waals surface area contributed by atoms with Crippen molar-refractivity contribution >= 4 is 22.4 Å². The average Bonchev–Trinajstić information content (AvgIpc) is 3.20. The number of hydrogen-bond donors (Lipinski definition) is 2. The zero-order valence-electron chi connectivity index (χ0n) is 17.6. The number of aliphatic hydroxyl groups excluding tert-OH is 1. The molecule has 0 spiro atoms. The van der Waals surface area contributed by atoms with Crippen LogP contribution in [-0.4, -0.2) is 57.6 Å². The van der Waals surface area contributed by atoms with E-state index in [1.54, 1.807) is 6.26 Å². The highest BCUT2D eigenvalue weighted by Crippen LogP contribution is 2.43.